The van der Waals surface area contributed by atoms with Gasteiger partial charge >= 0.3 is 246 Å². The van der Waals surface area contributed by atoms with Gasteiger partial charge in [-0.05, 0) is 0 Å². The van der Waals surface area contributed by atoms with Crippen LogP contribution >= 0.6 is 0 Å². The largest absolute Gasteiger partial charge is 2.00 e. The van der Waals surface area contributed by atoms with Gasteiger partial charge < -0.3 is 38.3 Å². The van der Waals surface area contributed by atoms with Crippen LogP contribution in [0.4, 0.5) is 0 Å². The van der Waals surface area contributed by atoms with Crippen LogP contribution in [0, 0.1) is 0 Å². The third-order valence-corrected chi connectivity index (χ3v) is 0. The second-order valence-electron chi connectivity index (χ2n) is 0. The molecule has 0 aliphatic heterocycles. The van der Waals surface area contributed by atoms with Crippen molar-refractivity contribution in [1.29, 1.82) is 0 Å². The first-order valence-corrected chi connectivity index (χ1v) is 0. The molecule has 0 aliphatic rings. The Balaban J connectivity index is 0. The van der Waals surface area contributed by atoms with Crippen molar-refractivity contribution in [3.05, 3.63) is 0 Å². The van der Waals surface area contributed by atoms with Gasteiger partial charge in [-0.3, -0.25) is 0 Å². The Morgan fingerprint density at radius 3 is 0.333 bits per heavy atom. The second-order valence-corrected chi connectivity index (χ2v) is 0. The van der Waals surface area contributed by atoms with Crippen LogP contribution in [0.25, 0.3) is 0 Å². The zero-order valence-electron chi connectivity index (χ0n) is 7.69. The number of hydrogen-bond donors (Lipinski definition) is 0. The van der Waals surface area contributed by atoms with Gasteiger partial charge in [0.1, 0.15) is 0 Å². The molecule has 0 aliphatic carbocycles. The molecule has 0 bridgehead atoms. The molecular formula is Ca2Co2K2Mn2O7. The molecule has 0 heterocycles. The van der Waals surface area contributed by atoms with E-state index < -0.39 is 0 Å². The van der Waals surface area contributed by atoms with Crippen molar-refractivity contribution in [2.45, 2.75) is 0 Å². The molecule has 0 aromatic heterocycles. The molecule has 4 radical (unpaired) electrons. The molecule has 0 aromatic rings. The zero-order valence-corrected chi connectivity index (χ0v) is 22.8. The second kappa shape index (κ2) is 159. The van der Waals surface area contributed by atoms with E-state index in [0.29, 0.717) is 0 Å². The number of hydrogen-bond acceptors (Lipinski definition) is 0. The third-order valence-electron chi connectivity index (χ3n) is 0. The minimum atomic E-state index is 0. The summed E-state index contributed by atoms with van der Waals surface area (Å²) in [7, 11) is 0. The molecule has 0 unspecified atom stereocenters. The van der Waals surface area contributed by atoms with Crippen LogP contribution in [0.2, 0.25) is 0 Å². The van der Waals surface area contributed by atoms with Crippen molar-refractivity contribution in [3.63, 3.8) is 0 Å². The molecular weight excluding hydrogens is 498 g/mol. The van der Waals surface area contributed by atoms with Crippen LogP contribution in [0.5, 0.6) is 0 Å². The van der Waals surface area contributed by atoms with Gasteiger partial charge in [-0.15, -0.1) is 0 Å². The van der Waals surface area contributed by atoms with Crippen LogP contribution in [-0.4, -0.2) is 75.5 Å². The Morgan fingerprint density at radius 2 is 0.333 bits per heavy atom. The van der Waals surface area contributed by atoms with Gasteiger partial charge in [0.2, 0.25) is 0 Å². The average Bonchev–Trinajstić information content (AvgIpc) is 0. The van der Waals surface area contributed by atoms with E-state index in [1.54, 1.807) is 0 Å². The Morgan fingerprint density at radius 1 is 0.333 bits per heavy atom. The van der Waals surface area contributed by atoms with Crippen molar-refractivity contribution in [3.8, 4) is 0 Å². The molecule has 0 spiro atoms. The molecule has 0 fully saturated rings. The Hall–Kier alpha value is 7.56. The van der Waals surface area contributed by atoms with Gasteiger partial charge in [-0.25, -0.2) is 0 Å². The van der Waals surface area contributed by atoms with Crippen molar-refractivity contribution in [2.24, 2.45) is 0 Å². The summed E-state index contributed by atoms with van der Waals surface area (Å²) in [5, 5.41) is 0. The van der Waals surface area contributed by atoms with Gasteiger partial charge in [-0.1, -0.05) is 0 Å². The molecule has 0 saturated carbocycles. The fraction of sp³-hybridized carbons (Fsp3) is 0. The van der Waals surface area contributed by atoms with E-state index in [1.807, 2.05) is 0 Å². The van der Waals surface area contributed by atoms with E-state index in [-0.39, 0.29) is 284 Å². The van der Waals surface area contributed by atoms with Gasteiger partial charge in [-0.2, -0.15) is 0 Å². The van der Waals surface area contributed by atoms with Crippen LogP contribution in [0.15, 0.2) is 0 Å². The summed E-state index contributed by atoms with van der Waals surface area (Å²) in [6.07, 6.45) is 0. The van der Waals surface area contributed by atoms with E-state index in [0.717, 1.165) is 0 Å². The van der Waals surface area contributed by atoms with Crippen LogP contribution in [0.1, 0.15) is 0 Å². The van der Waals surface area contributed by atoms with Crippen LogP contribution in [0.3, 0.4) is 0 Å². The SMILES string of the molecule is [Ca+2].[Ca+2].[Co+2].[Co+2].[K+].[K+].[Mn+2].[Mn+2].[O-2].[O-2].[O-2].[O-2].[O-2].[O-2].[O-2]. The predicted molar refractivity (Wildman–Crippen MR) is 16.3 cm³/mol. The summed E-state index contributed by atoms with van der Waals surface area (Å²) in [4.78, 5) is 0. The fourth-order valence-corrected chi connectivity index (χ4v) is 0. The summed E-state index contributed by atoms with van der Waals surface area (Å²) in [6.45, 7) is 0. The molecule has 0 aromatic carbocycles. The standard InChI is InChI=1S/2Ca.2Co.2K.2Mn.7O/q4*+2;2*+1;2*+2;7*-2. The first-order valence-electron chi connectivity index (χ1n) is 0. The molecule has 7 nitrogen and oxygen atoms in total. The van der Waals surface area contributed by atoms with E-state index in [4.69, 9.17) is 0 Å². The van der Waals surface area contributed by atoms with Crippen LogP contribution < -0.4 is 103 Å². The van der Waals surface area contributed by atoms with Gasteiger partial charge in [0, 0.05) is 0 Å². The molecule has 80 valence electrons. The third kappa shape index (κ3) is 144. The van der Waals surface area contributed by atoms with Gasteiger partial charge in [0.05, 0.1) is 0 Å². The van der Waals surface area contributed by atoms with E-state index in [9.17, 15) is 0 Å². The summed E-state index contributed by atoms with van der Waals surface area (Å²) in [5.41, 5.74) is 0. The molecule has 0 amide bonds. The Kier molecular flexibility index (Phi) is 1950. The normalized spacial score (nSPS) is 0. The predicted octanol–water partition coefficient (Wildman–Crippen LogP) is -7.60. The van der Waals surface area contributed by atoms with Crippen molar-refractivity contribution < 1.29 is 209 Å². The van der Waals surface area contributed by atoms with Crippen molar-refractivity contribution >= 4 is 75.5 Å². The fourth-order valence-electron chi connectivity index (χ4n) is 0. The smallest absolute Gasteiger partial charge is 2.00 e. The van der Waals surface area contributed by atoms with E-state index >= 15 is 0 Å². The summed E-state index contributed by atoms with van der Waals surface area (Å²) in [6, 6.07) is 0. The van der Waals surface area contributed by atoms with Gasteiger partial charge in [0.15, 0.2) is 0 Å². The summed E-state index contributed by atoms with van der Waals surface area (Å²) in [5.74, 6) is 0. The maximum Gasteiger partial charge on any atom is 2.00 e. The maximum absolute atomic E-state index is 0. The average molecular weight is 498 g/mol. The van der Waals surface area contributed by atoms with Gasteiger partial charge in [0.25, 0.3) is 0 Å². The monoisotopic (exact) mass is 498 g/mol. The molecule has 0 N–H and O–H groups in total. The van der Waals surface area contributed by atoms with E-state index in [1.165, 1.54) is 0 Å². The Bertz CT molecular complexity index is 31.0. The topological polar surface area (TPSA) is 200 Å². The van der Waals surface area contributed by atoms with Crippen molar-refractivity contribution in [1.82, 2.24) is 0 Å². The minimum absolute atomic E-state index is 0. The first kappa shape index (κ1) is 183. The number of rotatable bonds is 0. The summed E-state index contributed by atoms with van der Waals surface area (Å²) >= 11 is 0. The first-order chi connectivity index (χ1) is 0. The molecule has 0 atom stereocenters. The molecule has 0 saturated heterocycles. The van der Waals surface area contributed by atoms with Crippen LogP contribution in [-0.2, 0) is 106 Å². The molecule has 15 heteroatoms. The molecule has 0 rings (SSSR count). The Labute approximate surface area is 276 Å². The quantitative estimate of drug-likeness (QED) is 0.286. The minimum Gasteiger partial charge on any atom is -2.00 e. The molecule has 15 heavy (non-hydrogen) atoms. The van der Waals surface area contributed by atoms with Crippen molar-refractivity contribution in [2.75, 3.05) is 0 Å². The van der Waals surface area contributed by atoms with E-state index in [2.05, 4.69) is 0 Å². The maximum atomic E-state index is 0. The summed E-state index contributed by atoms with van der Waals surface area (Å²) < 4.78 is 0. The zero-order chi connectivity index (χ0) is 0.